The number of methoxy groups -OCH3 is 1. The molecule has 0 bridgehead atoms. The van der Waals surface area contributed by atoms with Gasteiger partial charge in [0.25, 0.3) is 5.91 Å². The lowest BCUT2D eigenvalue weighted by Crippen LogP contribution is -2.45. The van der Waals surface area contributed by atoms with Gasteiger partial charge in [-0.1, -0.05) is 18.2 Å². The molecule has 0 aliphatic carbocycles. The number of ether oxygens (including phenoxy) is 2. The molecule has 1 saturated heterocycles. The zero-order valence-corrected chi connectivity index (χ0v) is 15.4. The highest BCUT2D eigenvalue weighted by Gasteiger charge is 2.22. The molecule has 0 atom stereocenters. The molecular weight excluding hydrogens is 328 g/mol. The predicted molar refractivity (Wildman–Crippen MR) is 99.1 cm³/mol. The highest BCUT2D eigenvalue weighted by atomic mass is 35.5. The van der Waals surface area contributed by atoms with Crippen LogP contribution in [0.1, 0.15) is 25.3 Å². The van der Waals surface area contributed by atoms with Crippen molar-refractivity contribution >= 4 is 24.4 Å². The Morgan fingerprint density at radius 3 is 2.62 bits per heavy atom. The van der Waals surface area contributed by atoms with Crippen LogP contribution in [0.4, 0.5) is 0 Å². The van der Waals surface area contributed by atoms with Gasteiger partial charge in [0.2, 0.25) is 0 Å². The van der Waals surface area contributed by atoms with Gasteiger partial charge >= 0.3 is 0 Å². The van der Waals surface area contributed by atoms with Crippen LogP contribution in [0.3, 0.4) is 0 Å². The van der Waals surface area contributed by atoms with Crippen LogP contribution >= 0.6 is 12.4 Å². The number of halogens is 1. The Kier molecular flexibility index (Phi) is 8.65. The second-order valence-corrected chi connectivity index (χ2v) is 5.64. The first-order valence-electron chi connectivity index (χ1n) is 8.06. The summed E-state index contributed by atoms with van der Waals surface area (Å²) in [5.74, 6) is 1.26. The summed E-state index contributed by atoms with van der Waals surface area (Å²) in [4.78, 5) is 14.1. The van der Waals surface area contributed by atoms with Crippen LogP contribution in [0.5, 0.6) is 11.5 Å². The lowest BCUT2D eigenvalue weighted by atomic mass is 10.1. The van der Waals surface area contributed by atoms with Crippen molar-refractivity contribution in [2.75, 3.05) is 33.9 Å². The Bertz CT molecular complexity index is 555. The smallest absolute Gasteiger partial charge is 0.260 e. The van der Waals surface area contributed by atoms with Gasteiger partial charge in [0.15, 0.2) is 18.1 Å². The monoisotopic (exact) mass is 354 g/mol. The Labute approximate surface area is 150 Å². The molecule has 0 spiro atoms. The molecule has 0 aromatic heterocycles. The molecule has 1 heterocycles. The summed E-state index contributed by atoms with van der Waals surface area (Å²) in [7, 11) is 3.57. The summed E-state index contributed by atoms with van der Waals surface area (Å²) in [5.41, 5.74) is 1.04. The van der Waals surface area contributed by atoms with Gasteiger partial charge in [0.05, 0.1) is 7.11 Å². The molecule has 0 saturated carbocycles. The van der Waals surface area contributed by atoms with Crippen LogP contribution in [0.25, 0.3) is 6.08 Å². The number of likely N-dealkylation sites (tertiary alicyclic amines) is 1. The standard InChI is InChI=1S/C18H26N2O3.ClH/c1-4-5-14-6-7-16(17(12-14)22-3)23-13-18(21)20-10-8-15(19-2)9-11-20;/h4-7,12,15,19H,8-11,13H2,1-3H3;1H/b5-4+;. The first-order chi connectivity index (χ1) is 11.2. The van der Waals surface area contributed by atoms with Gasteiger partial charge in [-0.15, -0.1) is 12.4 Å². The molecule has 1 aliphatic heterocycles. The van der Waals surface area contributed by atoms with Crippen LogP contribution in [-0.2, 0) is 4.79 Å². The topological polar surface area (TPSA) is 50.8 Å². The van der Waals surface area contributed by atoms with Crippen LogP contribution in [0.2, 0.25) is 0 Å². The third kappa shape index (κ3) is 5.42. The van der Waals surface area contributed by atoms with E-state index in [4.69, 9.17) is 9.47 Å². The molecule has 1 N–H and O–H groups in total. The van der Waals surface area contributed by atoms with E-state index >= 15 is 0 Å². The van der Waals surface area contributed by atoms with Gasteiger partial charge < -0.3 is 19.7 Å². The van der Waals surface area contributed by atoms with Gasteiger partial charge in [0, 0.05) is 19.1 Å². The highest BCUT2D eigenvalue weighted by molar-refractivity contribution is 5.85. The van der Waals surface area contributed by atoms with Gasteiger partial charge in [-0.2, -0.15) is 0 Å². The Morgan fingerprint density at radius 2 is 2.04 bits per heavy atom. The van der Waals surface area contributed by atoms with E-state index in [1.807, 2.05) is 49.2 Å². The van der Waals surface area contributed by atoms with E-state index in [2.05, 4.69) is 5.32 Å². The molecule has 5 nitrogen and oxygen atoms in total. The number of nitrogens with one attached hydrogen (secondary N) is 1. The number of allylic oxidation sites excluding steroid dienone is 1. The number of carbonyl (C=O) groups excluding carboxylic acids is 1. The third-order valence-corrected chi connectivity index (χ3v) is 4.15. The van der Waals surface area contributed by atoms with Crippen LogP contribution < -0.4 is 14.8 Å². The van der Waals surface area contributed by atoms with Crippen molar-refractivity contribution < 1.29 is 14.3 Å². The normalized spacial score (nSPS) is 15.2. The molecule has 6 heteroatoms. The number of rotatable bonds is 6. The van der Waals surface area contributed by atoms with Crippen LogP contribution in [-0.4, -0.2) is 50.7 Å². The quantitative estimate of drug-likeness (QED) is 0.853. The molecule has 24 heavy (non-hydrogen) atoms. The van der Waals surface area contributed by atoms with E-state index in [1.54, 1.807) is 7.11 Å². The first-order valence-corrected chi connectivity index (χ1v) is 8.06. The zero-order chi connectivity index (χ0) is 16.7. The number of benzene rings is 1. The molecule has 1 amide bonds. The number of hydrogen-bond acceptors (Lipinski definition) is 4. The molecule has 134 valence electrons. The number of carbonyl (C=O) groups is 1. The average Bonchev–Trinajstić information content (AvgIpc) is 2.60. The van der Waals surface area contributed by atoms with Crippen molar-refractivity contribution in [2.45, 2.75) is 25.8 Å². The molecule has 2 rings (SSSR count). The molecular formula is C18H27ClN2O3. The minimum Gasteiger partial charge on any atom is -0.493 e. The van der Waals surface area contributed by atoms with Crippen LogP contribution in [0, 0.1) is 0 Å². The Hall–Kier alpha value is -1.72. The molecule has 0 unspecified atom stereocenters. The van der Waals surface area contributed by atoms with E-state index in [1.165, 1.54) is 0 Å². The fraction of sp³-hybridized carbons (Fsp3) is 0.500. The van der Waals surface area contributed by atoms with Gasteiger partial charge in [-0.25, -0.2) is 0 Å². The summed E-state index contributed by atoms with van der Waals surface area (Å²) in [6.45, 7) is 3.58. The molecule has 1 fully saturated rings. The Balaban J connectivity index is 0.00000288. The molecule has 1 aromatic rings. The van der Waals surface area contributed by atoms with Gasteiger partial charge in [-0.3, -0.25) is 4.79 Å². The summed E-state index contributed by atoms with van der Waals surface area (Å²) < 4.78 is 11.0. The van der Waals surface area contributed by atoms with Crippen molar-refractivity contribution in [3.8, 4) is 11.5 Å². The maximum absolute atomic E-state index is 12.3. The largest absolute Gasteiger partial charge is 0.493 e. The lowest BCUT2D eigenvalue weighted by Gasteiger charge is -2.31. The number of hydrogen-bond donors (Lipinski definition) is 1. The SMILES string of the molecule is C/C=C/c1ccc(OCC(=O)N2CCC(NC)CC2)c(OC)c1.Cl. The number of piperidine rings is 1. The maximum Gasteiger partial charge on any atom is 0.260 e. The molecule has 1 aromatic carbocycles. The van der Waals surface area contributed by atoms with Gasteiger partial charge in [-0.05, 0) is 44.5 Å². The summed E-state index contributed by atoms with van der Waals surface area (Å²) in [6, 6.07) is 6.20. The van der Waals surface area contributed by atoms with E-state index in [9.17, 15) is 4.79 Å². The summed E-state index contributed by atoms with van der Waals surface area (Å²) >= 11 is 0. The molecule has 0 radical (unpaired) electrons. The van der Waals surface area contributed by atoms with Crippen molar-refractivity contribution in [2.24, 2.45) is 0 Å². The van der Waals surface area contributed by atoms with Crippen molar-refractivity contribution in [1.29, 1.82) is 0 Å². The lowest BCUT2D eigenvalue weighted by molar-refractivity contribution is -0.134. The molecule has 1 aliphatic rings. The summed E-state index contributed by atoms with van der Waals surface area (Å²) in [5, 5.41) is 3.26. The zero-order valence-electron chi connectivity index (χ0n) is 14.6. The van der Waals surface area contributed by atoms with E-state index in [-0.39, 0.29) is 24.9 Å². The van der Waals surface area contributed by atoms with E-state index < -0.39 is 0 Å². The Morgan fingerprint density at radius 1 is 1.33 bits per heavy atom. The second kappa shape index (κ2) is 10.2. The fourth-order valence-electron chi connectivity index (χ4n) is 2.75. The van der Waals surface area contributed by atoms with Crippen LogP contribution in [0.15, 0.2) is 24.3 Å². The van der Waals surface area contributed by atoms with Crippen molar-refractivity contribution in [3.63, 3.8) is 0 Å². The fourth-order valence-corrected chi connectivity index (χ4v) is 2.75. The number of amides is 1. The number of nitrogens with zero attached hydrogens (tertiary/aromatic N) is 1. The first kappa shape index (κ1) is 20.3. The van der Waals surface area contributed by atoms with Crippen molar-refractivity contribution in [3.05, 3.63) is 29.8 Å². The predicted octanol–water partition coefficient (Wildman–Crippen LogP) is 2.74. The second-order valence-electron chi connectivity index (χ2n) is 5.64. The minimum absolute atomic E-state index is 0. The van der Waals surface area contributed by atoms with Gasteiger partial charge in [0.1, 0.15) is 0 Å². The minimum atomic E-state index is 0. The maximum atomic E-state index is 12.3. The van der Waals surface area contributed by atoms with E-state index in [0.29, 0.717) is 17.5 Å². The summed E-state index contributed by atoms with van der Waals surface area (Å²) in [6.07, 6.45) is 5.93. The third-order valence-electron chi connectivity index (χ3n) is 4.15. The highest BCUT2D eigenvalue weighted by Crippen LogP contribution is 2.28. The van der Waals surface area contributed by atoms with E-state index in [0.717, 1.165) is 31.5 Å². The average molecular weight is 355 g/mol. The van der Waals surface area contributed by atoms with Crippen molar-refractivity contribution in [1.82, 2.24) is 10.2 Å².